The number of thiophene rings is 1. The normalized spacial score (nSPS) is 12.6. The molecule has 0 fully saturated rings. The van der Waals surface area contributed by atoms with E-state index in [1.54, 1.807) is 0 Å². The zero-order valence-electron chi connectivity index (χ0n) is 69.1. The monoisotopic (exact) mass is 1620 g/mol. The first kappa shape index (κ1) is 75.0. The highest BCUT2D eigenvalue weighted by Crippen LogP contribution is 2.61. The topological polar surface area (TPSA) is 19.6 Å². The van der Waals surface area contributed by atoms with E-state index in [1.165, 1.54) is 131 Å². The minimum atomic E-state index is -0.532. The van der Waals surface area contributed by atoms with Gasteiger partial charge in [0, 0.05) is 64.8 Å². The standard InChI is InChI=1S/C61H41NO.C61H41NS/c2*1-4-18-43(19-5-1)49-24-10-11-25-50(49)53-27-13-16-30-58(53)62(47-35-32-42(33-36-47)44-34-39-60-55(40-44)54-28-14-17-31-59(54)63-60)48-37-38-52-51-26-12-15-29-56(51)61(57(52)41-48,45-20-6-2-7-21-45)46-22-8-3-9-23-46/h2*1-41H. The van der Waals surface area contributed by atoms with Gasteiger partial charge in [-0.25, -0.2) is 0 Å². The zero-order valence-corrected chi connectivity index (χ0v) is 69.9. The molecule has 2 aliphatic carbocycles. The van der Waals surface area contributed by atoms with Gasteiger partial charge in [0.1, 0.15) is 11.2 Å². The zero-order chi connectivity index (χ0) is 83.5. The Hall–Kier alpha value is -16.0. The molecule has 0 aliphatic heterocycles. The minimum Gasteiger partial charge on any atom is -0.456 e. The van der Waals surface area contributed by atoms with Gasteiger partial charge in [0.15, 0.2) is 0 Å². The Bertz CT molecular complexity index is 7270. The Morgan fingerprint density at radius 2 is 0.492 bits per heavy atom. The molecule has 2 heterocycles. The van der Waals surface area contributed by atoms with E-state index in [2.05, 4.69) is 495 Å². The molecule has 22 aromatic rings. The number of anilines is 6. The maximum atomic E-state index is 6.19. The van der Waals surface area contributed by atoms with E-state index >= 15 is 0 Å². The van der Waals surface area contributed by atoms with Crippen molar-refractivity contribution >= 4 is 87.6 Å². The molecule has 20 aromatic carbocycles. The molecule has 0 N–H and O–H groups in total. The molecule has 0 bridgehead atoms. The first-order chi connectivity index (χ1) is 62.5. The summed E-state index contributed by atoms with van der Waals surface area (Å²) in [6.07, 6.45) is 0. The Balaban J connectivity index is 0.000000145. The van der Waals surface area contributed by atoms with E-state index in [-0.39, 0.29) is 0 Å². The first-order valence-corrected chi connectivity index (χ1v) is 44.2. The second-order valence-electron chi connectivity index (χ2n) is 32.8. The molecule has 126 heavy (non-hydrogen) atoms. The van der Waals surface area contributed by atoms with Crippen molar-refractivity contribution in [3.8, 4) is 89.0 Å². The predicted octanol–water partition coefficient (Wildman–Crippen LogP) is 33.3. The van der Waals surface area contributed by atoms with E-state index < -0.39 is 10.8 Å². The van der Waals surface area contributed by atoms with Gasteiger partial charge in [0.2, 0.25) is 0 Å². The van der Waals surface area contributed by atoms with E-state index in [0.717, 1.165) is 78.3 Å². The highest BCUT2D eigenvalue weighted by molar-refractivity contribution is 7.25. The highest BCUT2D eigenvalue weighted by Gasteiger charge is 2.48. The van der Waals surface area contributed by atoms with Crippen LogP contribution in [-0.4, -0.2) is 0 Å². The van der Waals surface area contributed by atoms with Gasteiger partial charge in [-0.05, 0) is 219 Å². The van der Waals surface area contributed by atoms with Gasteiger partial charge >= 0.3 is 0 Å². The molecule has 0 spiro atoms. The van der Waals surface area contributed by atoms with Crippen molar-refractivity contribution in [2.75, 3.05) is 9.80 Å². The number of fused-ring (bicyclic) bond motifs is 12. The van der Waals surface area contributed by atoms with Crippen LogP contribution in [-0.2, 0) is 10.8 Å². The molecular weight excluding hydrogens is 1540 g/mol. The van der Waals surface area contributed by atoms with Crippen LogP contribution < -0.4 is 9.80 Å². The number of furan rings is 1. The van der Waals surface area contributed by atoms with Gasteiger partial charge in [0.05, 0.1) is 22.2 Å². The van der Waals surface area contributed by atoms with Crippen molar-refractivity contribution in [3.05, 3.63) is 542 Å². The Morgan fingerprint density at radius 1 is 0.175 bits per heavy atom. The fourth-order valence-corrected chi connectivity index (χ4v) is 21.5. The van der Waals surface area contributed by atoms with Crippen LogP contribution in [0.1, 0.15) is 44.5 Å². The second-order valence-corrected chi connectivity index (χ2v) is 33.8. The van der Waals surface area contributed by atoms with E-state index in [4.69, 9.17) is 4.42 Å². The number of hydrogen-bond donors (Lipinski definition) is 0. The fraction of sp³-hybridized carbons (Fsp3) is 0.0164. The molecule has 2 aromatic heterocycles. The van der Waals surface area contributed by atoms with Crippen LogP contribution in [0.3, 0.4) is 0 Å². The summed E-state index contributed by atoms with van der Waals surface area (Å²) in [5, 5.41) is 4.88. The smallest absolute Gasteiger partial charge is 0.135 e. The predicted molar refractivity (Wildman–Crippen MR) is 530 cm³/mol. The maximum absolute atomic E-state index is 6.19. The summed E-state index contributed by atoms with van der Waals surface area (Å²) in [5.74, 6) is 0. The highest BCUT2D eigenvalue weighted by atomic mass is 32.1. The van der Waals surface area contributed by atoms with E-state index in [0.29, 0.717) is 0 Å². The van der Waals surface area contributed by atoms with Gasteiger partial charge in [-0.3, -0.25) is 0 Å². The van der Waals surface area contributed by atoms with Gasteiger partial charge in [-0.2, -0.15) is 0 Å². The lowest BCUT2D eigenvalue weighted by Crippen LogP contribution is -2.28. The van der Waals surface area contributed by atoms with Crippen LogP contribution in [0, 0.1) is 0 Å². The Morgan fingerprint density at radius 3 is 0.952 bits per heavy atom. The lowest BCUT2D eigenvalue weighted by molar-refractivity contribution is 0.669. The van der Waals surface area contributed by atoms with Crippen LogP contribution in [0.2, 0.25) is 0 Å². The molecule has 0 amide bonds. The van der Waals surface area contributed by atoms with Gasteiger partial charge in [-0.15, -0.1) is 11.3 Å². The van der Waals surface area contributed by atoms with Crippen molar-refractivity contribution in [3.63, 3.8) is 0 Å². The van der Waals surface area contributed by atoms with Gasteiger partial charge in [-0.1, -0.05) is 400 Å². The third-order valence-electron chi connectivity index (χ3n) is 26.0. The molecule has 0 atom stereocenters. The van der Waals surface area contributed by atoms with Crippen LogP contribution in [0.25, 0.3) is 131 Å². The molecule has 0 unspecified atom stereocenters. The summed E-state index contributed by atoms with van der Waals surface area (Å²) in [5.41, 5.74) is 36.6. The largest absolute Gasteiger partial charge is 0.456 e. The Kier molecular flexibility index (Phi) is 18.9. The summed E-state index contributed by atoms with van der Waals surface area (Å²) in [7, 11) is 0. The number of nitrogens with zero attached hydrogens (tertiary/aromatic N) is 2. The van der Waals surface area contributed by atoms with E-state index in [1.807, 2.05) is 23.5 Å². The second kappa shape index (κ2) is 31.8. The maximum Gasteiger partial charge on any atom is 0.135 e. The molecule has 0 saturated heterocycles. The molecule has 2 aliphatic rings. The first-order valence-electron chi connectivity index (χ1n) is 43.3. The number of benzene rings is 20. The third kappa shape index (κ3) is 12.7. The van der Waals surface area contributed by atoms with Gasteiger partial charge < -0.3 is 14.2 Å². The van der Waals surface area contributed by atoms with Crippen molar-refractivity contribution < 1.29 is 4.42 Å². The molecule has 0 saturated carbocycles. The molecule has 24 rings (SSSR count). The molecule has 4 heteroatoms. The van der Waals surface area contributed by atoms with Crippen molar-refractivity contribution in [2.24, 2.45) is 0 Å². The lowest BCUT2D eigenvalue weighted by Gasteiger charge is -2.35. The van der Waals surface area contributed by atoms with E-state index in [9.17, 15) is 0 Å². The van der Waals surface area contributed by atoms with Crippen LogP contribution in [0.4, 0.5) is 34.1 Å². The van der Waals surface area contributed by atoms with Crippen LogP contribution in [0.5, 0.6) is 0 Å². The van der Waals surface area contributed by atoms with Crippen LogP contribution >= 0.6 is 11.3 Å². The van der Waals surface area contributed by atoms with Crippen LogP contribution in [0.15, 0.2) is 502 Å². The summed E-state index contributed by atoms with van der Waals surface area (Å²) in [6.45, 7) is 0. The summed E-state index contributed by atoms with van der Waals surface area (Å²) >= 11 is 1.86. The fourth-order valence-electron chi connectivity index (χ4n) is 20.4. The van der Waals surface area contributed by atoms with Gasteiger partial charge in [0.25, 0.3) is 0 Å². The number of rotatable bonds is 16. The quantitative estimate of drug-likeness (QED) is 0.0961. The molecule has 592 valence electrons. The number of para-hydroxylation sites is 3. The average Bonchev–Trinajstić information content (AvgIpc) is 1.54. The summed E-state index contributed by atoms with van der Waals surface area (Å²) in [4.78, 5) is 4.93. The average molecular weight is 1620 g/mol. The summed E-state index contributed by atoms with van der Waals surface area (Å²) < 4.78 is 8.83. The molecular formula is C122H82N2OS. The Labute approximate surface area is 738 Å². The van der Waals surface area contributed by atoms with Crippen molar-refractivity contribution in [1.29, 1.82) is 0 Å². The third-order valence-corrected chi connectivity index (χ3v) is 27.1. The minimum absolute atomic E-state index is 0.524. The number of hydrogen-bond acceptors (Lipinski definition) is 4. The summed E-state index contributed by atoms with van der Waals surface area (Å²) in [6, 6.07) is 182. The van der Waals surface area contributed by atoms with Crippen molar-refractivity contribution in [2.45, 2.75) is 10.8 Å². The molecule has 3 nitrogen and oxygen atoms in total. The SMILES string of the molecule is c1ccc(-c2ccccc2-c2ccccc2N(c2ccc(-c3ccc4oc5ccccc5c4c3)cc2)c2ccc3c(c2)C(c2ccccc2)(c2ccccc2)c2ccccc2-3)cc1.c1ccc(-c2ccccc2-c2ccccc2N(c2ccc(-c3ccc4sc5ccccc5c4c3)cc2)c2ccc3c(c2)C(c2ccccc2)(c2ccccc2)c2ccccc2-3)cc1. The molecule has 0 radical (unpaired) electrons. The lowest BCUT2D eigenvalue weighted by atomic mass is 9.67. The van der Waals surface area contributed by atoms with Crippen molar-refractivity contribution in [1.82, 2.24) is 0 Å².